The van der Waals surface area contributed by atoms with E-state index >= 15 is 0 Å². The van der Waals surface area contributed by atoms with Crippen molar-refractivity contribution in [3.05, 3.63) is 47.0 Å². The summed E-state index contributed by atoms with van der Waals surface area (Å²) < 4.78 is 0. The molecule has 1 atom stereocenters. The van der Waals surface area contributed by atoms with Crippen LogP contribution in [-0.4, -0.2) is 10.9 Å². The zero-order valence-electron chi connectivity index (χ0n) is 8.36. The third-order valence-electron chi connectivity index (χ3n) is 3.38. The fourth-order valence-electron chi connectivity index (χ4n) is 2.58. The number of fused-ring (bicyclic) bond motifs is 1. The molecule has 0 radical (unpaired) electrons. The van der Waals surface area contributed by atoms with Crippen molar-refractivity contribution in [2.45, 2.75) is 24.9 Å². The molecule has 2 nitrogen and oxygen atoms in total. The number of carbonyl (C=O) groups is 1. The number of rotatable bonds is 1. The maximum atomic E-state index is 11.6. The van der Waals surface area contributed by atoms with Gasteiger partial charge >= 0.3 is 0 Å². The molecule has 0 fully saturated rings. The molecule has 76 valence electrons. The first kappa shape index (κ1) is 8.86. The van der Waals surface area contributed by atoms with E-state index in [1.807, 2.05) is 30.3 Å². The molecule has 0 saturated heterocycles. The molecule has 0 amide bonds. The molecule has 2 aliphatic rings. The molecule has 1 N–H and O–H groups in total. The first-order chi connectivity index (χ1) is 7.22. The van der Waals surface area contributed by atoms with E-state index in [0.29, 0.717) is 18.4 Å². The molecule has 1 aromatic rings. The van der Waals surface area contributed by atoms with Crippen molar-refractivity contribution in [1.82, 2.24) is 0 Å². The van der Waals surface area contributed by atoms with Gasteiger partial charge in [0.1, 0.15) is 5.60 Å². The lowest BCUT2D eigenvalue weighted by atomic mass is 9.69. The van der Waals surface area contributed by atoms with Gasteiger partial charge in [0.2, 0.25) is 0 Å². The highest BCUT2D eigenvalue weighted by molar-refractivity contribution is 6.00. The summed E-state index contributed by atoms with van der Waals surface area (Å²) in [5.41, 5.74) is 1.69. The fraction of sp³-hybridized carbons (Fsp3) is 0.308. The van der Waals surface area contributed by atoms with Gasteiger partial charge in [-0.2, -0.15) is 0 Å². The number of benzene rings is 1. The Morgan fingerprint density at radius 1 is 1.27 bits per heavy atom. The summed E-state index contributed by atoms with van der Waals surface area (Å²) >= 11 is 0. The second kappa shape index (κ2) is 2.80. The number of hydrogen-bond acceptors (Lipinski definition) is 2. The fourth-order valence-corrected chi connectivity index (χ4v) is 2.58. The second-order valence-corrected chi connectivity index (χ2v) is 4.27. The molecule has 2 aliphatic carbocycles. The molecule has 0 saturated carbocycles. The lowest BCUT2D eigenvalue weighted by molar-refractivity contribution is -0.117. The highest BCUT2D eigenvalue weighted by Gasteiger charge is 2.46. The van der Waals surface area contributed by atoms with Crippen molar-refractivity contribution in [2.75, 3.05) is 0 Å². The molecule has 0 heterocycles. The predicted octanol–water partition coefficient (Wildman–Crippen LogP) is 1.72. The van der Waals surface area contributed by atoms with Gasteiger partial charge in [0.15, 0.2) is 5.78 Å². The number of ketones is 1. The molecule has 2 heteroatoms. The van der Waals surface area contributed by atoms with Gasteiger partial charge in [-0.25, -0.2) is 0 Å². The molecular weight excluding hydrogens is 188 g/mol. The average molecular weight is 200 g/mol. The zero-order valence-corrected chi connectivity index (χ0v) is 8.36. The van der Waals surface area contributed by atoms with Gasteiger partial charge in [-0.05, 0) is 17.5 Å². The van der Waals surface area contributed by atoms with Gasteiger partial charge in [-0.1, -0.05) is 30.3 Å². The van der Waals surface area contributed by atoms with Crippen LogP contribution in [0.4, 0.5) is 0 Å². The van der Waals surface area contributed by atoms with Crippen LogP contribution in [0.3, 0.4) is 0 Å². The SMILES string of the molecule is O=C1CCC=C1[C@@]1(O)Cc2ccccc21. The molecular formula is C13H12O2. The Balaban J connectivity index is 2.06. The maximum Gasteiger partial charge on any atom is 0.162 e. The van der Waals surface area contributed by atoms with Gasteiger partial charge in [0, 0.05) is 18.4 Å². The van der Waals surface area contributed by atoms with E-state index in [1.165, 1.54) is 0 Å². The smallest absolute Gasteiger partial charge is 0.162 e. The van der Waals surface area contributed by atoms with Gasteiger partial charge in [0.05, 0.1) is 0 Å². The first-order valence-electron chi connectivity index (χ1n) is 5.26. The monoisotopic (exact) mass is 200 g/mol. The van der Waals surface area contributed by atoms with Crippen molar-refractivity contribution in [3.63, 3.8) is 0 Å². The summed E-state index contributed by atoms with van der Waals surface area (Å²) in [5, 5.41) is 10.4. The van der Waals surface area contributed by atoms with Crippen LogP contribution in [-0.2, 0) is 16.8 Å². The first-order valence-corrected chi connectivity index (χ1v) is 5.26. The van der Waals surface area contributed by atoms with Gasteiger partial charge in [-0.15, -0.1) is 0 Å². The maximum absolute atomic E-state index is 11.6. The summed E-state index contributed by atoms with van der Waals surface area (Å²) in [6.45, 7) is 0. The van der Waals surface area contributed by atoms with Crippen LogP contribution < -0.4 is 0 Å². The van der Waals surface area contributed by atoms with Crippen molar-refractivity contribution in [2.24, 2.45) is 0 Å². The largest absolute Gasteiger partial charge is 0.380 e. The van der Waals surface area contributed by atoms with E-state index in [9.17, 15) is 9.90 Å². The van der Waals surface area contributed by atoms with Gasteiger partial charge < -0.3 is 5.11 Å². The summed E-state index contributed by atoms with van der Waals surface area (Å²) in [4.78, 5) is 11.6. The summed E-state index contributed by atoms with van der Waals surface area (Å²) in [5.74, 6) is 0.104. The van der Waals surface area contributed by atoms with E-state index in [4.69, 9.17) is 0 Å². The molecule has 0 aromatic heterocycles. The summed E-state index contributed by atoms with van der Waals surface area (Å²) in [7, 11) is 0. The number of allylic oxidation sites excluding steroid dienone is 1. The van der Waals surface area contributed by atoms with Crippen molar-refractivity contribution >= 4 is 5.78 Å². The third kappa shape index (κ3) is 1.05. The van der Waals surface area contributed by atoms with Crippen LogP contribution in [0.25, 0.3) is 0 Å². The number of carbonyl (C=O) groups excluding carboxylic acids is 1. The van der Waals surface area contributed by atoms with Crippen LogP contribution in [0.1, 0.15) is 24.0 Å². The molecule has 0 bridgehead atoms. The Hall–Kier alpha value is -1.41. The van der Waals surface area contributed by atoms with E-state index in [-0.39, 0.29) is 5.78 Å². The van der Waals surface area contributed by atoms with E-state index < -0.39 is 5.60 Å². The van der Waals surface area contributed by atoms with Crippen LogP contribution in [0, 0.1) is 0 Å². The molecule has 0 spiro atoms. The Morgan fingerprint density at radius 3 is 2.73 bits per heavy atom. The van der Waals surface area contributed by atoms with Crippen LogP contribution >= 0.6 is 0 Å². The van der Waals surface area contributed by atoms with Crippen molar-refractivity contribution < 1.29 is 9.90 Å². The average Bonchev–Trinajstić information content (AvgIpc) is 2.63. The topological polar surface area (TPSA) is 37.3 Å². The zero-order chi connectivity index (χ0) is 10.5. The van der Waals surface area contributed by atoms with E-state index in [2.05, 4.69) is 0 Å². The highest BCUT2D eigenvalue weighted by Crippen LogP contribution is 2.46. The third-order valence-corrected chi connectivity index (χ3v) is 3.38. The molecule has 0 aliphatic heterocycles. The predicted molar refractivity (Wildman–Crippen MR) is 56.4 cm³/mol. The Kier molecular flexibility index (Phi) is 1.65. The van der Waals surface area contributed by atoms with Crippen LogP contribution in [0.2, 0.25) is 0 Å². The van der Waals surface area contributed by atoms with Gasteiger partial charge in [-0.3, -0.25) is 4.79 Å². The van der Waals surface area contributed by atoms with Crippen LogP contribution in [0.5, 0.6) is 0 Å². The normalized spacial score (nSPS) is 28.3. The van der Waals surface area contributed by atoms with E-state index in [0.717, 1.165) is 17.5 Å². The summed E-state index contributed by atoms with van der Waals surface area (Å²) in [6.07, 6.45) is 3.80. The van der Waals surface area contributed by atoms with E-state index in [1.54, 1.807) is 0 Å². The molecule has 0 unspecified atom stereocenters. The molecule has 3 rings (SSSR count). The minimum Gasteiger partial charge on any atom is -0.380 e. The van der Waals surface area contributed by atoms with Gasteiger partial charge in [0.25, 0.3) is 0 Å². The number of Topliss-reactive ketones (excluding diaryl/α,β-unsaturated/α-hetero) is 1. The lowest BCUT2D eigenvalue weighted by Crippen LogP contribution is -2.42. The Labute approximate surface area is 88.2 Å². The molecule has 15 heavy (non-hydrogen) atoms. The minimum atomic E-state index is -0.982. The minimum absolute atomic E-state index is 0.104. The highest BCUT2D eigenvalue weighted by atomic mass is 16.3. The Morgan fingerprint density at radius 2 is 2.07 bits per heavy atom. The standard InChI is InChI=1S/C13H12O2/c14-12-7-3-6-11(12)13(15)8-9-4-1-2-5-10(9)13/h1-2,4-6,15H,3,7-8H2/t13-/m1/s1. The second-order valence-electron chi connectivity index (χ2n) is 4.27. The van der Waals surface area contributed by atoms with Crippen molar-refractivity contribution in [1.29, 1.82) is 0 Å². The summed E-state index contributed by atoms with van der Waals surface area (Å²) in [6, 6.07) is 7.78. The lowest BCUT2D eigenvalue weighted by Gasteiger charge is -2.40. The quantitative estimate of drug-likeness (QED) is 0.749. The molecule has 1 aromatic carbocycles. The number of aliphatic hydroxyl groups is 1. The Bertz CT molecular complexity index is 473. The van der Waals surface area contributed by atoms with Crippen LogP contribution in [0.15, 0.2) is 35.9 Å². The van der Waals surface area contributed by atoms with Crippen molar-refractivity contribution in [3.8, 4) is 0 Å². The number of hydrogen-bond donors (Lipinski definition) is 1.